The smallest absolute Gasteiger partial charge is 0.465 e. The third-order valence-corrected chi connectivity index (χ3v) is 4.68. The Morgan fingerprint density at radius 1 is 1.18 bits per heavy atom. The second-order valence-corrected chi connectivity index (χ2v) is 7.03. The Morgan fingerprint density at radius 3 is 2.27 bits per heavy atom. The van der Waals surface area contributed by atoms with E-state index in [-0.39, 0.29) is 17.8 Å². The quantitative estimate of drug-likeness (QED) is 0.307. The van der Waals surface area contributed by atoms with Gasteiger partial charge in [0.1, 0.15) is 0 Å². The van der Waals surface area contributed by atoms with Crippen LogP contribution < -0.4 is 0 Å². The molecule has 1 rings (SSSR count). The summed E-state index contributed by atoms with van der Waals surface area (Å²) >= 11 is 0. The summed E-state index contributed by atoms with van der Waals surface area (Å²) in [6.45, 7) is 1.86. The van der Waals surface area contributed by atoms with Crippen molar-refractivity contribution in [2.75, 3.05) is 13.2 Å². The summed E-state index contributed by atoms with van der Waals surface area (Å²) in [6.07, 6.45) is 3.56. The lowest BCUT2D eigenvalue weighted by Crippen LogP contribution is -2.30. The van der Waals surface area contributed by atoms with E-state index in [4.69, 9.17) is 4.74 Å². The van der Waals surface area contributed by atoms with Crippen LogP contribution in [0.2, 0.25) is 0 Å². The molecule has 0 unspecified atom stereocenters. The lowest BCUT2D eigenvalue weighted by Gasteiger charge is -2.26. The zero-order valence-electron chi connectivity index (χ0n) is 12.4. The molecule has 0 bridgehead atoms. The van der Waals surface area contributed by atoms with Crippen LogP contribution in [0.15, 0.2) is 0 Å². The Labute approximate surface area is 128 Å². The molecule has 0 aromatic heterocycles. The summed E-state index contributed by atoms with van der Waals surface area (Å²) in [7, 11) is -5.53. The van der Waals surface area contributed by atoms with Crippen molar-refractivity contribution in [2.45, 2.75) is 51.0 Å². The Bertz CT molecular complexity index is 453. The first kappa shape index (κ1) is 19.2. The van der Waals surface area contributed by atoms with E-state index in [9.17, 15) is 26.4 Å². The number of ether oxygens (including phenoxy) is 1. The number of esters is 1. The Morgan fingerprint density at radius 2 is 1.77 bits per heavy atom. The molecule has 0 radical (unpaired) electrons. The van der Waals surface area contributed by atoms with E-state index < -0.39 is 22.2 Å². The first-order valence-corrected chi connectivity index (χ1v) is 8.70. The van der Waals surface area contributed by atoms with E-state index in [1.54, 1.807) is 0 Å². The molecule has 1 aliphatic rings. The standard InChI is InChI=1S/C13H21F3O5S/c1-2-3-8-20-12(17)11-6-4-10(5-7-11)9-21-22(18,19)13(14,15)16/h10-11H,2-9H2,1H3. The van der Waals surface area contributed by atoms with Crippen LogP contribution in [-0.2, 0) is 23.8 Å². The van der Waals surface area contributed by atoms with E-state index >= 15 is 0 Å². The van der Waals surface area contributed by atoms with Crippen LogP contribution in [0, 0.1) is 11.8 Å². The number of hydrogen-bond donors (Lipinski definition) is 0. The molecule has 0 amide bonds. The SMILES string of the molecule is CCCCOC(=O)C1CCC(COS(=O)(=O)C(F)(F)F)CC1. The first-order valence-electron chi connectivity index (χ1n) is 7.29. The molecule has 130 valence electrons. The fourth-order valence-corrected chi connectivity index (χ4v) is 2.76. The number of halogens is 3. The number of unbranched alkanes of at least 4 members (excludes halogenated alkanes) is 1. The zero-order valence-corrected chi connectivity index (χ0v) is 13.2. The number of carbonyl (C=O) groups is 1. The summed E-state index contributed by atoms with van der Waals surface area (Å²) < 4.78 is 67.1. The number of hydrogen-bond acceptors (Lipinski definition) is 5. The molecule has 0 aliphatic heterocycles. The second-order valence-electron chi connectivity index (χ2n) is 5.42. The molecule has 22 heavy (non-hydrogen) atoms. The Balaban J connectivity index is 2.33. The highest BCUT2D eigenvalue weighted by molar-refractivity contribution is 7.87. The van der Waals surface area contributed by atoms with Gasteiger partial charge in [-0.15, -0.1) is 0 Å². The van der Waals surface area contributed by atoms with Crippen molar-refractivity contribution in [2.24, 2.45) is 11.8 Å². The van der Waals surface area contributed by atoms with Crippen LogP contribution in [0.1, 0.15) is 45.4 Å². The van der Waals surface area contributed by atoms with Gasteiger partial charge in [-0.25, -0.2) is 0 Å². The van der Waals surface area contributed by atoms with Crippen LogP contribution in [0.3, 0.4) is 0 Å². The van der Waals surface area contributed by atoms with Crippen molar-refractivity contribution in [3.8, 4) is 0 Å². The Hall–Kier alpha value is -0.830. The van der Waals surface area contributed by atoms with Crippen molar-refractivity contribution in [1.82, 2.24) is 0 Å². The molecule has 5 nitrogen and oxygen atoms in total. The number of carbonyl (C=O) groups excluding carboxylic acids is 1. The molecule has 9 heteroatoms. The third-order valence-electron chi connectivity index (χ3n) is 3.66. The van der Waals surface area contributed by atoms with Gasteiger partial charge in [0.05, 0.1) is 19.1 Å². The van der Waals surface area contributed by atoms with Gasteiger partial charge in [0.15, 0.2) is 0 Å². The van der Waals surface area contributed by atoms with Crippen molar-refractivity contribution < 1.29 is 35.3 Å². The molecule has 0 aromatic carbocycles. The Kier molecular flexibility index (Phi) is 7.11. The van der Waals surface area contributed by atoms with E-state index in [0.29, 0.717) is 32.3 Å². The fraction of sp³-hybridized carbons (Fsp3) is 0.923. The maximum Gasteiger partial charge on any atom is 0.523 e. The molecule has 1 saturated carbocycles. The van der Waals surface area contributed by atoms with Crippen LogP contribution in [0.4, 0.5) is 13.2 Å². The minimum Gasteiger partial charge on any atom is -0.465 e. The van der Waals surface area contributed by atoms with E-state index in [2.05, 4.69) is 4.18 Å². The van der Waals surface area contributed by atoms with Crippen LogP contribution >= 0.6 is 0 Å². The van der Waals surface area contributed by atoms with Gasteiger partial charge in [-0.3, -0.25) is 8.98 Å². The molecule has 0 spiro atoms. The van der Waals surface area contributed by atoms with Crippen molar-refractivity contribution in [3.05, 3.63) is 0 Å². The average Bonchev–Trinajstić information content (AvgIpc) is 2.44. The third kappa shape index (κ3) is 5.75. The summed E-state index contributed by atoms with van der Waals surface area (Å²) in [6, 6.07) is 0. The minimum absolute atomic E-state index is 0.257. The molecule has 0 atom stereocenters. The zero-order chi connectivity index (χ0) is 16.8. The van der Waals surface area contributed by atoms with Crippen molar-refractivity contribution in [3.63, 3.8) is 0 Å². The molecule has 0 heterocycles. The average molecular weight is 346 g/mol. The van der Waals surface area contributed by atoms with Gasteiger partial charge in [-0.1, -0.05) is 13.3 Å². The van der Waals surface area contributed by atoms with Crippen molar-refractivity contribution >= 4 is 16.1 Å². The monoisotopic (exact) mass is 346 g/mol. The molecule has 1 aliphatic carbocycles. The molecular formula is C13H21F3O5S. The van der Waals surface area contributed by atoms with Crippen molar-refractivity contribution in [1.29, 1.82) is 0 Å². The highest BCUT2D eigenvalue weighted by Crippen LogP contribution is 2.32. The first-order chi connectivity index (χ1) is 10.2. The summed E-state index contributed by atoms with van der Waals surface area (Å²) in [5.74, 6) is -0.833. The largest absolute Gasteiger partial charge is 0.523 e. The van der Waals surface area contributed by atoms with Gasteiger partial charge < -0.3 is 4.74 Å². The normalized spacial score (nSPS) is 23.3. The summed E-state index contributed by atoms with van der Waals surface area (Å²) in [5.41, 5.74) is -5.40. The topological polar surface area (TPSA) is 69.7 Å². The summed E-state index contributed by atoms with van der Waals surface area (Å²) in [4.78, 5) is 11.7. The molecule has 0 N–H and O–H groups in total. The van der Waals surface area contributed by atoms with Gasteiger partial charge in [-0.05, 0) is 38.0 Å². The predicted molar refractivity (Wildman–Crippen MR) is 72.2 cm³/mol. The van der Waals surface area contributed by atoms with Gasteiger partial charge in [0.25, 0.3) is 0 Å². The maximum absolute atomic E-state index is 12.1. The highest BCUT2D eigenvalue weighted by Gasteiger charge is 2.47. The predicted octanol–water partition coefficient (Wildman–Crippen LogP) is 3.00. The number of rotatable bonds is 7. The van der Waals surface area contributed by atoms with Gasteiger partial charge in [0, 0.05) is 0 Å². The van der Waals surface area contributed by atoms with E-state index in [1.807, 2.05) is 6.92 Å². The molecule has 0 aromatic rings. The lowest BCUT2D eigenvalue weighted by molar-refractivity contribution is -0.150. The highest BCUT2D eigenvalue weighted by atomic mass is 32.2. The number of alkyl halides is 3. The molecular weight excluding hydrogens is 325 g/mol. The lowest BCUT2D eigenvalue weighted by atomic mass is 9.82. The van der Waals surface area contributed by atoms with Crippen LogP contribution in [0.5, 0.6) is 0 Å². The van der Waals surface area contributed by atoms with Crippen LogP contribution in [-0.4, -0.2) is 33.1 Å². The maximum atomic E-state index is 12.1. The van der Waals surface area contributed by atoms with Gasteiger partial charge in [0.2, 0.25) is 0 Å². The molecule has 0 saturated heterocycles. The minimum atomic E-state index is -5.53. The van der Waals surface area contributed by atoms with Gasteiger partial charge >= 0.3 is 21.6 Å². The fourth-order valence-electron chi connectivity index (χ4n) is 2.25. The summed E-state index contributed by atoms with van der Waals surface area (Å²) in [5, 5.41) is 0. The van der Waals surface area contributed by atoms with E-state index in [0.717, 1.165) is 12.8 Å². The van der Waals surface area contributed by atoms with Crippen LogP contribution in [0.25, 0.3) is 0 Å². The van der Waals surface area contributed by atoms with E-state index in [1.165, 1.54) is 0 Å². The van der Waals surface area contributed by atoms with Gasteiger partial charge in [-0.2, -0.15) is 21.6 Å². The second kappa shape index (κ2) is 8.14. The molecule has 1 fully saturated rings.